The van der Waals surface area contributed by atoms with Crippen molar-refractivity contribution < 1.29 is 4.79 Å². The summed E-state index contributed by atoms with van der Waals surface area (Å²) in [4.78, 5) is 37.1. The highest BCUT2D eigenvalue weighted by Crippen LogP contribution is 2.06. The molecule has 1 amide bonds. The first kappa shape index (κ1) is 14.7. The van der Waals surface area contributed by atoms with Gasteiger partial charge in [-0.3, -0.25) is 24.6 Å². The molecule has 2 aromatic rings. The number of hydrazine groups is 1. The second kappa shape index (κ2) is 6.19. The zero-order chi connectivity index (χ0) is 15.4. The number of hydrogen-bond acceptors (Lipinski definition) is 4. The standard InChI is InChI=1S/C14H16N4O3/c1-2-10-8-18(14(21)16-12(10)19)7-9-4-3-5-11(6-9)13(20)17-15/h3-6,8H,2,7,15H2,1H3,(H,17,20)(H,16,19,21). The van der Waals surface area contributed by atoms with Gasteiger partial charge in [-0.05, 0) is 24.1 Å². The van der Waals surface area contributed by atoms with E-state index < -0.39 is 11.6 Å². The Balaban J connectivity index is 2.36. The highest BCUT2D eigenvalue weighted by molar-refractivity contribution is 5.93. The molecular weight excluding hydrogens is 272 g/mol. The van der Waals surface area contributed by atoms with Crippen LogP contribution in [0.15, 0.2) is 40.1 Å². The zero-order valence-corrected chi connectivity index (χ0v) is 11.6. The Hall–Kier alpha value is -2.67. The molecule has 0 aliphatic heterocycles. The van der Waals surface area contributed by atoms with Crippen molar-refractivity contribution >= 4 is 5.91 Å². The predicted molar refractivity (Wildman–Crippen MR) is 77.9 cm³/mol. The summed E-state index contributed by atoms with van der Waals surface area (Å²) in [7, 11) is 0. The van der Waals surface area contributed by atoms with Crippen molar-refractivity contribution in [2.75, 3.05) is 0 Å². The molecule has 1 heterocycles. The molecule has 0 unspecified atom stereocenters. The maximum absolute atomic E-state index is 11.8. The Labute approximate surface area is 120 Å². The summed E-state index contributed by atoms with van der Waals surface area (Å²) in [6.45, 7) is 2.10. The molecule has 0 aliphatic rings. The van der Waals surface area contributed by atoms with Crippen molar-refractivity contribution in [1.29, 1.82) is 0 Å². The summed E-state index contributed by atoms with van der Waals surface area (Å²) in [5.41, 5.74) is 2.90. The fourth-order valence-corrected chi connectivity index (χ4v) is 2.01. The molecule has 7 nitrogen and oxygen atoms in total. The number of benzene rings is 1. The molecule has 7 heteroatoms. The summed E-state index contributed by atoms with van der Waals surface area (Å²) in [6, 6.07) is 6.76. The van der Waals surface area contributed by atoms with Gasteiger partial charge in [0.15, 0.2) is 0 Å². The molecule has 1 aromatic carbocycles. The van der Waals surface area contributed by atoms with Crippen molar-refractivity contribution in [3.8, 4) is 0 Å². The van der Waals surface area contributed by atoms with Gasteiger partial charge < -0.3 is 0 Å². The number of nitrogens with one attached hydrogen (secondary N) is 2. The van der Waals surface area contributed by atoms with E-state index in [1.165, 1.54) is 10.8 Å². The van der Waals surface area contributed by atoms with Crippen LogP contribution in [0.3, 0.4) is 0 Å². The summed E-state index contributed by atoms with van der Waals surface area (Å²) in [6.07, 6.45) is 2.07. The molecule has 0 radical (unpaired) electrons. The molecular formula is C14H16N4O3. The van der Waals surface area contributed by atoms with Crippen molar-refractivity contribution in [1.82, 2.24) is 15.0 Å². The number of aryl methyl sites for hydroxylation is 1. The second-order valence-electron chi connectivity index (χ2n) is 4.57. The van der Waals surface area contributed by atoms with Gasteiger partial charge in [-0.15, -0.1) is 0 Å². The minimum Gasteiger partial charge on any atom is -0.296 e. The van der Waals surface area contributed by atoms with E-state index in [0.717, 1.165) is 5.56 Å². The van der Waals surface area contributed by atoms with E-state index in [4.69, 9.17) is 5.84 Å². The fraction of sp³-hybridized carbons (Fsp3) is 0.214. The molecule has 1 aromatic heterocycles. The average molecular weight is 288 g/mol. The quantitative estimate of drug-likeness (QED) is 0.409. The van der Waals surface area contributed by atoms with E-state index in [2.05, 4.69) is 10.4 Å². The lowest BCUT2D eigenvalue weighted by atomic mass is 10.1. The number of rotatable bonds is 4. The average Bonchev–Trinajstić information content (AvgIpc) is 2.49. The van der Waals surface area contributed by atoms with Crippen molar-refractivity contribution in [3.05, 3.63) is 68.0 Å². The van der Waals surface area contributed by atoms with Gasteiger partial charge in [0.1, 0.15) is 0 Å². The van der Waals surface area contributed by atoms with Gasteiger partial charge in [0, 0.05) is 17.3 Å². The van der Waals surface area contributed by atoms with E-state index in [0.29, 0.717) is 17.5 Å². The number of nitrogens with two attached hydrogens (primary N) is 1. The number of H-pyrrole nitrogens is 1. The smallest absolute Gasteiger partial charge is 0.296 e. The van der Waals surface area contributed by atoms with Gasteiger partial charge >= 0.3 is 5.69 Å². The fourth-order valence-electron chi connectivity index (χ4n) is 2.01. The molecule has 0 fully saturated rings. The van der Waals surface area contributed by atoms with Gasteiger partial charge in [0.2, 0.25) is 0 Å². The van der Waals surface area contributed by atoms with Gasteiger partial charge in [0.05, 0.1) is 6.54 Å². The number of nitrogen functional groups attached to an aromatic ring is 1. The molecule has 0 atom stereocenters. The van der Waals surface area contributed by atoms with Crippen molar-refractivity contribution in [3.63, 3.8) is 0 Å². The van der Waals surface area contributed by atoms with Crippen LogP contribution < -0.4 is 22.5 Å². The highest BCUT2D eigenvalue weighted by Gasteiger charge is 2.07. The molecule has 0 saturated carbocycles. The van der Waals surface area contributed by atoms with Crippen LogP contribution in [0.4, 0.5) is 0 Å². The summed E-state index contributed by atoms with van der Waals surface area (Å²) in [5, 5.41) is 0. The van der Waals surface area contributed by atoms with Gasteiger partial charge in [-0.1, -0.05) is 19.1 Å². The van der Waals surface area contributed by atoms with Crippen LogP contribution in [0, 0.1) is 0 Å². The number of nitrogens with zero attached hydrogens (tertiary/aromatic N) is 1. The third kappa shape index (κ3) is 3.26. The Kier molecular flexibility index (Phi) is 4.34. The van der Waals surface area contributed by atoms with Crippen molar-refractivity contribution in [2.45, 2.75) is 19.9 Å². The Bertz CT molecular complexity index is 776. The zero-order valence-electron chi connectivity index (χ0n) is 11.6. The van der Waals surface area contributed by atoms with Gasteiger partial charge in [-0.2, -0.15) is 0 Å². The summed E-state index contributed by atoms with van der Waals surface area (Å²) in [5.74, 6) is 4.69. The number of carbonyl (C=O) groups is 1. The van der Waals surface area contributed by atoms with Crippen LogP contribution in [-0.4, -0.2) is 15.5 Å². The van der Waals surface area contributed by atoms with Crippen LogP contribution in [-0.2, 0) is 13.0 Å². The van der Waals surface area contributed by atoms with Crippen LogP contribution in [0.2, 0.25) is 0 Å². The lowest BCUT2D eigenvalue weighted by Crippen LogP contribution is -2.32. The molecule has 110 valence electrons. The number of carbonyl (C=O) groups excluding carboxylic acids is 1. The molecule has 0 bridgehead atoms. The first-order valence-corrected chi connectivity index (χ1v) is 6.47. The normalized spacial score (nSPS) is 10.4. The highest BCUT2D eigenvalue weighted by atomic mass is 16.2. The van der Waals surface area contributed by atoms with Gasteiger partial charge in [-0.25, -0.2) is 10.6 Å². The first-order valence-electron chi connectivity index (χ1n) is 6.47. The third-order valence-electron chi connectivity index (χ3n) is 3.14. The molecule has 0 spiro atoms. The maximum atomic E-state index is 11.8. The van der Waals surface area contributed by atoms with E-state index in [1.807, 2.05) is 6.92 Å². The van der Waals surface area contributed by atoms with Gasteiger partial charge in [0.25, 0.3) is 11.5 Å². The molecule has 2 rings (SSSR count). The van der Waals surface area contributed by atoms with E-state index in [1.54, 1.807) is 24.3 Å². The topological polar surface area (TPSA) is 110 Å². The lowest BCUT2D eigenvalue weighted by Gasteiger charge is -2.08. The van der Waals surface area contributed by atoms with E-state index in [9.17, 15) is 14.4 Å². The van der Waals surface area contributed by atoms with Crippen LogP contribution >= 0.6 is 0 Å². The molecule has 0 saturated heterocycles. The van der Waals surface area contributed by atoms with Crippen LogP contribution in [0.1, 0.15) is 28.4 Å². The Morgan fingerprint density at radius 1 is 1.38 bits per heavy atom. The summed E-state index contributed by atoms with van der Waals surface area (Å²) >= 11 is 0. The monoisotopic (exact) mass is 288 g/mol. The Morgan fingerprint density at radius 3 is 2.81 bits per heavy atom. The number of aromatic amines is 1. The largest absolute Gasteiger partial charge is 0.328 e. The Morgan fingerprint density at radius 2 is 2.14 bits per heavy atom. The second-order valence-corrected chi connectivity index (χ2v) is 4.57. The SMILES string of the molecule is CCc1cn(Cc2cccc(C(=O)NN)c2)c(=O)[nH]c1=O. The molecule has 4 N–H and O–H groups in total. The third-order valence-corrected chi connectivity index (χ3v) is 3.14. The minimum atomic E-state index is -0.481. The lowest BCUT2D eigenvalue weighted by molar-refractivity contribution is 0.0953. The maximum Gasteiger partial charge on any atom is 0.328 e. The van der Waals surface area contributed by atoms with E-state index in [-0.39, 0.29) is 12.1 Å². The first-order chi connectivity index (χ1) is 10.0. The number of amides is 1. The molecule has 0 aliphatic carbocycles. The summed E-state index contributed by atoms with van der Waals surface area (Å²) < 4.78 is 1.40. The number of aromatic nitrogens is 2. The molecule has 21 heavy (non-hydrogen) atoms. The van der Waals surface area contributed by atoms with E-state index >= 15 is 0 Å². The number of hydrogen-bond donors (Lipinski definition) is 3. The van der Waals surface area contributed by atoms with Crippen molar-refractivity contribution in [2.24, 2.45) is 5.84 Å². The van der Waals surface area contributed by atoms with Crippen LogP contribution in [0.25, 0.3) is 0 Å². The minimum absolute atomic E-state index is 0.258. The van der Waals surface area contributed by atoms with Crippen LogP contribution in [0.5, 0.6) is 0 Å². The predicted octanol–water partition coefficient (Wildman–Crippen LogP) is -0.249.